The molecule has 1 unspecified atom stereocenters. The number of hydrogen-bond acceptors (Lipinski definition) is 6. The summed E-state index contributed by atoms with van der Waals surface area (Å²) in [5.74, 6) is -0.176. The summed E-state index contributed by atoms with van der Waals surface area (Å²) in [5, 5.41) is 2.59. The largest absolute Gasteiger partial charge is 0.468 e. The van der Waals surface area contributed by atoms with E-state index in [-0.39, 0.29) is 30.1 Å². The van der Waals surface area contributed by atoms with E-state index in [0.29, 0.717) is 19.0 Å². The van der Waals surface area contributed by atoms with Crippen LogP contribution in [-0.2, 0) is 14.3 Å². The summed E-state index contributed by atoms with van der Waals surface area (Å²) in [7, 11) is 1.29. The van der Waals surface area contributed by atoms with E-state index in [4.69, 9.17) is 0 Å². The molecule has 1 atom stereocenters. The van der Waals surface area contributed by atoms with Crippen LogP contribution in [-0.4, -0.2) is 65.5 Å². The molecular formula is C20H28N4O4S. The normalized spacial score (nSPS) is 23.9. The van der Waals surface area contributed by atoms with Crippen LogP contribution in [0, 0.1) is 12.3 Å². The first-order valence-corrected chi connectivity index (χ1v) is 11.2. The third kappa shape index (κ3) is 3.39. The number of nitrogens with one attached hydrogen (secondary N) is 1. The number of carbonyl (C=O) groups is 3. The minimum Gasteiger partial charge on any atom is -0.468 e. The molecule has 3 heterocycles. The Hall–Kier alpha value is -2.16. The van der Waals surface area contributed by atoms with E-state index in [1.807, 2.05) is 12.4 Å². The zero-order valence-electron chi connectivity index (χ0n) is 17.0. The number of nitrogens with zero attached hydrogens (tertiary/aromatic N) is 3. The zero-order chi connectivity index (χ0) is 20.6. The maximum atomic E-state index is 13.3. The Morgan fingerprint density at radius 3 is 2.59 bits per heavy atom. The fourth-order valence-electron chi connectivity index (χ4n) is 5.19. The van der Waals surface area contributed by atoms with Gasteiger partial charge in [0.05, 0.1) is 34.6 Å². The Balaban J connectivity index is 1.42. The number of urea groups is 1. The van der Waals surface area contributed by atoms with E-state index in [1.165, 1.54) is 12.0 Å². The van der Waals surface area contributed by atoms with Gasteiger partial charge in [-0.1, -0.05) is 12.8 Å². The number of aromatic nitrogens is 1. The molecule has 1 N–H and O–H groups in total. The summed E-state index contributed by atoms with van der Waals surface area (Å²) in [6.45, 7) is 3.05. The van der Waals surface area contributed by atoms with E-state index in [9.17, 15) is 14.4 Å². The van der Waals surface area contributed by atoms with Crippen molar-refractivity contribution in [1.82, 2.24) is 20.1 Å². The van der Waals surface area contributed by atoms with Crippen LogP contribution in [0.1, 0.15) is 55.1 Å². The second kappa shape index (κ2) is 7.93. The van der Waals surface area contributed by atoms with Crippen LogP contribution in [0.3, 0.4) is 0 Å². The molecule has 3 fully saturated rings. The summed E-state index contributed by atoms with van der Waals surface area (Å²) in [5.41, 5.74) is 2.68. The predicted molar refractivity (Wildman–Crippen MR) is 107 cm³/mol. The third-order valence-corrected chi connectivity index (χ3v) is 7.73. The van der Waals surface area contributed by atoms with E-state index in [1.54, 1.807) is 16.2 Å². The first kappa shape index (κ1) is 20.1. The van der Waals surface area contributed by atoms with Crippen molar-refractivity contribution in [3.63, 3.8) is 0 Å². The Kier molecular flexibility index (Phi) is 5.50. The van der Waals surface area contributed by atoms with Gasteiger partial charge in [-0.3, -0.25) is 9.59 Å². The highest BCUT2D eigenvalue weighted by atomic mass is 32.1. The lowest BCUT2D eigenvalue weighted by molar-refractivity contribution is -0.180. The first-order valence-electron chi connectivity index (χ1n) is 10.3. The number of methoxy groups -OCH3 is 1. The number of thiazole rings is 1. The van der Waals surface area contributed by atoms with Gasteiger partial charge in [0.1, 0.15) is 6.54 Å². The highest BCUT2D eigenvalue weighted by Gasteiger charge is 2.64. The van der Waals surface area contributed by atoms with Gasteiger partial charge in [0, 0.05) is 19.1 Å². The summed E-state index contributed by atoms with van der Waals surface area (Å²) in [4.78, 5) is 46.2. The van der Waals surface area contributed by atoms with Gasteiger partial charge in [-0.05, 0) is 32.6 Å². The van der Waals surface area contributed by atoms with Crippen molar-refractivity contribution in [3.8, 4) is 0 Å². The Bertz CT molecular complexity index is 796. The van der Waals surface area contributed by atoms with Crippen LogP contribution in [0.5, 0.6) is 0 Å². The number of β-lactam (4-membered cyclic amide) rings is 1. The molecule has 0 bridgehead atoms. The first-order chi connectivity index (χ1) is 14.0. The van der Waals surface area contributed by atoms with Crippen molar-refractivity contribution in [2.45, 2.75) is 57.5 Å². The summed E-state index contributed by atoms with van der Waals surface area (Å²) < 4.78 is 4.55. The standard InChI is InChI=1S/C20H28N4O4S/c1-13-16(29-12-22-13)17-20(7-3-4-8-20)18(26)24(17)14-5-9-23(10-6-14)19(27)21-11-15(25)28-2/h12,14,17H,3-11H2,1-2H3,(H,21,27). The molecule has 1 saturated carbocycles. The number of carbonyl (C=O) groups excluding carboxylic acids is 3. The second-order valence-electron chi connectivity index (χ2n) is 8.23. The molecule has 2 saturated heterocycles. The van der Waals surface area contributed by atoms with Crippen LogP contribution in [0.4, 0.5) is 4.79 Å². The highest BCUT2D eigenvalue weighted by molar-refractivity contribution is 7.09. The molecule has 1 aliphatic carbocycles. The third-order valence-electron chi connectivity index (χ3n) is 6.75. The summed E-state index contributed by atoms with van der Waals surface area (Å²) in [6, 6.07) is 0.0190. The molecule has 2 aliphatic heterocycles. The van der Waals surface area contributed by atoms with Gasteiger partial charge < -0.3 is 19.9 Å². The molecule has 0 aromatic carbocycles. The number of ether oxygens (including phenoxy) is 1. The fraction of sp³-hybridized carbons (Fsp3) is 0.700. The molecule has 1 aromatic heterocycles. The lowest BCUT2D eigenvalue weighted by Gasteiger charge is -2.58. The molecule has 29 heavy (non-hydrogen) atoms. The van der Waals surface area contributed by atoms with Crippen LogP contribution in [0.25, 0.3) is 0 Å². The smallest absolute Gasteiger partial charge is 0.325 e. The van der Waals surface area contributed by atoms with E-state index in [2.05, 4.69) is 19.9 Å². The number of esters is 1. The van der Waals surface area contributed by atoms with Gasteiger partial charge in [-0.15, -0.1) is 11.3 Å². The lowest BCUT2D eigenvalue weighted by Crippen LogP contribution is -2.66. The van der Waals surface area contributed by atoms with Crippen molar-refractivity contribution in [2.75, 3.05) is 26.7 Å². The maximum absolute atomic E-state index is 13.3. The molecule has 158 valence electrons. The molecule has 3 amide bonds. The zero-order valence-corrected chi connectivity index (χ0v) is 17.8. The van der Waals surface area contributed by atoms with E-state index in [0.717, 1.165) is 44.2 Å². The Morgan fingerprint density at radius 1 is 1.31 bits per heavy atom. The Labute approximate surface area is 174 Å². The van der Waals surface area contributed by atoms with Gasteiger partial charge in [-0.2, -0.15) is 0 Å². The van der Waals surface area contributed by atoms with E-state index < -0.39 is 5.97 Å². The number of aryl methyl sites for hydroxylation is 1. The molecule has 4 rings (SSSR count). The molecule has 1 aromatic rings. The van der Waals surface area contributed by atoms with Gasteiger partial charge in [0.25, 0.3) is 0 Å². The summed E-state index contributed by atoms with van der Waals surface area (Å²) >= 11 is 1.66. The number of likely N-dealkylation sites (tertiary alicyclic amines) is 2. The van der Waals surface area contributed by atoms with Gasteiger partial charge in [0.15, 0.2) is 0 Å². The molecular weight excluding hydrogens is 392 g/mol. The van der Waals surface area contributed by atoms with Crippen molar-refractivity contribution in [3.05, 3.63) is 16.1 Å². The van der Waals surface area contributed by atoms with Crippen LogP contribution in [0.15, 0.2) is 5.51 Å². The SMILES string of the molecule is COC(=O)CNC(=O)N1CCC(N2C(=O)C3(CCCC3)C2c2scnc2C)CC1. The number of hydrogen-bond donors (Lipinski definition) is 1. The molecule has 0 radical (unpaired) electrons. The van der Waals surface area contributed by atoms with Gasteiger partial charge >= 0.3 is 12.0 Å². The minimum atomic E-state index is -0.468. The van der Waals surface area contributed by atoms with Crippen molar-refractivity contribution < 1.29 is 19.1 Å². The quantitative estimate of drug-likeness (QED) is 0.596. The Morgan fingerprint density at radius 2 is 2.00 bits per heavy atom. The molecule has 9 heteroatoms. The second-order valence-corrected chi connectivity index (χ2v) is 9.12. The maximum Gasteiger partial charge on any atom is 0.325 e. The number of piperidine rings is 1. The highest BCUT2D eigenvalue weighted by Crippen LogP contribution is 2.61. The lowest BCUT2D eigenvalue weighted by atomic mass is 9.67. The predicted octanol–water partition coefficient (Wildman–Crippen LogP) is 2.24. The molecule has 8 nitrogen and oxygen atoms in total. The average Bonchev–Trinajstić information content (AvgIpc) is 3.40. The number of rotatable bonds is 4. The van der Waals surface area contributed by atoms with Crippen molar-refractivity contribution in [1.29, 1.82) is 0 Å². The summed E-state index contributed by atoms with van der Waals surface area (Å²) in [6.07, 6.45) is 5.68. The molecule has 1 spiro atoms. The minimum absolute atomic E-state index is 0.130. The van der Waals surface area contributed by atoms with Crippen LogP contribution >= 0.6 is 11.3 Å². The van der Waals surface area contributed by atoms with Gasteiger partial charge in [-0.25, -0.2) is 9.78 Å². The van der Waals surface area contributed by atoms with Crippen molar-refractivity contribution in [2.24, 2.45) is 5.41 Å². The number of amides is 3. The molecule has 3 aliphatic rings. The van der Waals surface area contributed by atoms with Crippen LogP contribution < -0.4 is 5.32 Å². The van der Waals surface area contributed by atoms with Gasteiger partial charge in [0.2, 0.25) is 5.91 Å². The monoisotopic (exact) mass is 420 g/mol. The fourth-order valence-corrected chi connectivity index (χ4v) is 6.21. The average molecular weight is 421 g/mol. The topological polar surface area (TPSA) is 91.8 Å². The van der Waals surface area contributed by atoms with E-state index >= 15 is 0 Å². The van der Waals surface area contributed by atoms with Crippen molar-refractivity contribution >= 4 is 29.2 Å². The van der Waals surface area contributed by atoms with Crippen LogP contribution in [0.2, 0.25) is 0 Å².